The van der Waals surface area contributed by atoms with E-state index in [1.54, 1.807) is 166 Å². The molecule has 8 amide bonds. The quantitative estimate of drug-likeness (QED) is 0.0164. The molecule has 0 spiro atoms. The smallest absolute Gasteiger partial charge is 0.419 e. The second-order valence-corrected chi connectivity index (χ2v) is 29.1. The number of nitrogens with one attached hydrogen (secondary N) is 6. The van der Waals surface area contributed by atoms with Crippen molar-refractivity contribution < 1.29 is 81.5 Å². The molecule has 0 radical (unpaired) electrons. The Morgan fingerprint density at radius 3 is 1.83 bits per heavy atom. The number of rotatable bonds is 27. The largest absolute Gasteiger partial charge is 0.488 e. The van der Waals surface area contributed by atoms with Crippen molar-refractivity contribution in [3.63, 3.8) is 0 Å². The zero-order chi connectivity index (χ0) is 73.3. The Labute approximate surface area is 579 Å². The standard InChI is InChI=1S/C72H102N10O17/c1-16-36-94-65(90)74-32-33-75-66(91)95-49-40-56(60(84)78-54(64(88)89)39-46-26-28-48(29-27-46)97-70(7,8)9)81(41-49)63(87)53(38-45-22-18-17-19-23-45)77-62(86)58(44(3)96-69(4,5)6)79-59(83)52(37-47-30-34-80(35-31-47)67(92)98-71(10,11)12)76-61(85)57(73)43(2)51-42-82(68(93)99-72(13,14)15)55-25-21-20-24-50(51)55/h16-29,42-44,47,49,52-54,56-58H,1,30-41,73H2,2-15H3,(H,74,90)(H,75,91)(H,76,85)(H,77,86)(H,78,84)(H,79,83)(H,88,89)/t43-,44+,49+,52-,53-,54-,56-,57+,58-/m0/s1. The number of carbonyl (C=O) groups excluding carboxylic acids is 9. The van der Waals surface area contributed by atoms with Gasteiger partial charge in [0.2, 0.25) is 29.5 Å². The molecule has 2 aliphatic heterocycles. The molecule has 2 fully saturated rings. The van der Waals surface area contributed by atoms with Gasteiger partial charge in [-0.25, -0.2) is 24.0 Å². The number of nitrogens with two attached hydrogens (primary N) is 1. The van der Waals surface area contributed by atoms with Gasteiger partial charge in [-0.3, -0.25) is 28.5 Å². The van der Waals surface area contributed by atoms with Crippen LogP contribution in [0.1, 0.15) is 145 Å². The fraction of sp³-hybridized carbons (Fsp3) is 0.556. The van der Waals surface area contributed by atoms with Gasteiger partial charge in [-0.05, 0) is 150 Å². The van der Waals surface area contributed by atoms with E-state index >= 15 is 14.4 Å². The number of piperidine rings is 1. The Bertz CT molecular complexity index is 3470. The summed E-state index contributed by atoms with van der Waals surface area (Å²) in [5, 5.41) is 27.3. The van der Waals surface area contributed by atoms with E-state index in [0.29, 0.717) is 46.2 Å². The van der Waals surface area contributed by atoms with Crippen LogP contribution in [0, 0.1) is 5.92 Å². The van der Waals surface area contributed by atoms with Crippen molar-refractivity contribution in [2.24, 2.45) is 11.7 Å². The molecular weight excluding hydrogens is 1280 g/mol. The number of hydrogen-bond donors (Lipinski definition) is 8. The maximum absolute atomic E-state index is 15.6. The number of fused-ring (bicyclic) bond motifs is 1. The summed E-state index contributed by atoms with van der Waals surface area (Å²) in [6.45, 7) is 28.1. The molecule has 99 heavy (non-hydrogen) atoms. The van der Waals surface area contributed by atoms with Gasteiger partial charge in [0.25, 0.3) is 0 Å². The molecule has 542 valence electrons. The van der Waals surface area contributed by atoms with Crippen LogP contribution in [0.5, 0.6) is 5.75 Å². The summed E-state index contributed by atoms with van der Waals surface area (Å²) in [6.07, 6.45) is -2.14. The maximum Gasteiger partial charge on any atom is 0.419 e. The first-order valence-electron chi connectivity index (χ1n) is 33.6. The SMILES string of the molecule is C=CCOC(=O)NCCNC(=O)O[C@@H]1C[C@@H](C(=O)N[C@@H](Cc2ccc(OC(C)(C)C)cc2)C(=O)O)N(C(=O)[C@H](Cc2ccccc2)NC(=O)[C@@H](NC(=O)[C@H](CC2CCN(C(=O)OC(C)(C)C)CC2)NC(=O)[C@H](N)[C@@H](C)c2cn(C(=O)OC(C)(C)C)c3ccccc23)[C@@H](C)OC(C)(C)C)C1. The lowest BCUT2D eigenvalue weighted by molar-refractivity contribution is -0.146. The second-order valence-electron chi connectivity index (χ2n) is 29.1. The molecule has 0 aliphatic carbocycles. The van der Waals surface area contributed by atoms with Crippen molar-refractivity contribution in [2.75, 3.05) is 39.3 Å². The van der Waals surface area contributed by atoms with E-state index in [-0.39, 0.29) is 64.4 Å². The number of para-hydroxylation sites is 1. The van der Waals surface area contributed by atoms with Gasteiger partial charge in [0.1, 0.15) is 65.5 Å². The van der Waals surface area contributed by atoms with Crippen LogP contribution in [-0.2, 0) is 65.3 Å². The molecule has 4 aromatic rings. The average Bonchev–Trinajstić information content (AvgIpc) is 1.64. The number of carbonyl (C=O) groups is 10. The average molecular weight is 1380 g/mol. The molecule has 2 aliphatic rings. The molecule has 27 heteroatoms. The minimum Gasteiger partial charge on any atom is -0.488 e. The molecule has 27 nitrogen and oxygen atoms in total. The van der Waals surface area contributed by atoms with Crippen molar-refractivity contribution in [3.8, 4) is 5.75 Å². The lowest BCUT2D eigenvalue weighted by atomic mass is 9.89. The highest BCUT2D eigenvalue weighted by atomic mass is 16.6. The number of carboxylic acids is 1. The maximum atomic E-state index is 15.6. The van der Waals surface area contributed by atoms with Gasteiger partial charge >= 0.3 is 30.3 Å². The number of amides is 8. The van der Waals surface area contributed by atoms with Crippen LogP contribution in [0.15, 0.2) is 97.7 Å². The Morgan fingerprint density at radius 2 is 1.23 bits per heavy atom. The van der Waals surface area contributed by atoms with E-state index in [9.17, 15) is 38.7 Å². The summed E-state index contributed by atoms with van der Waals surface area (Å²) >= 11 is 0. The Kier molecular flexibility index (Phi) is 27.4. The number of carboxylic acid groups (broad SMARTS) is 1. The lowest BCUT2D eigenvalue weighted by Gasteiger charge is -2.36. The lowest BCUT2D eigenvalue weighted by Crippen LogP contribution is -2.62. The zero-order valence-corrected chi connectivity index (χ0v) is 59.5. The predicted molar refractivity (Wildman–Crippen MR) is 369 cm³/mol. The van der Waals surface area contributed by atoms with Crippen LogP contribution in [0.3, 0.4) is 0 Å². The minimum absolute atomic E-state index is 0.0134. The summed E-state index contributed by atoms with van der Waals surface area (Å²) in [4.78, 5) is 144. The van der Waals surface area contributed by atoms with Gasteiger partial charge in [0, 0.05) is 62.9 Å². The Balaban J connectivity index is 1.33. The first-order valence-corrected chi connectivity index (χ1v) is 33.6. The molecule has 1 aromatic heterocycles. The van der Waals surface area contributed by atoms with Crippen LogP contribution in [-0.4, -0.2) is 190 Å². The van der Waals surface area contributed by atoms with Crippen LogP contribution in [0.2, 0.25) is 0 Å². The topological polar surface area (TPSA) is 356 Å². The molecule has 3 aromatic carbocycles. The summed E-state index contributed by atoms with van der Waals surface area (Å²) in [7, 11) is 0. The molecule has 9 atom stereocenters. The number of benzene rings is 3. The van der Waals surface area contributed by atoms with Crippen molar-refractivity contribution in [2.45, 2.75) is 212 Å². The fourth-order valence-electron chi connectivity index (χ4n) is 11.6. The number of nitrogens with zero attached hydrogens (tertiary/aromatic N) is 3. The van der Waals surface area contributed by atoms with Gasteiger partial charge < -0.3 is 81.0 Å². The van der Waals surface area contributed by atoms with Gasteiger partial charge in [0.15, 0.2) is 0 Å². The molecular formula is C72H102N10O17. The molecule has 0 unspecified atom stereocenters. The van der Waals surface area contributed by atoms with E-state index in [4.69, 9.17) is 34.2 Å². The van der Waals surface area contributed by atoms with Crippen LogP contribution in [0.25, 0.3) is 10.9 Å². The van der Waals surface area contributed by atoms with Gasteiger partial charge in [-0.2, -0.15) is 0 Å². The molecule has 0 bridgehead atoms. The number of ether oxygens (including phenoxy) is 6. The molecule has 2 saturated heterocycles. The van der Waals surface area contributed by atoms with E-state index in [0.717, 1.165) is 4.90 Å². The highest BCUT2D eigenvalue weighted by molar-refractivity contribution is 5.98. The minimum atomic E-state index is -1.61. The Hall–Kier alpha value is -9.24. The van der Waals surface area contributed by atoms with Crippen molar-refractivity contribution >= 4 is 70.8 Å². The summed E-state index contributed by atoms with van der Waals surface area (Å²) in [6, 6.07) is 13.5. The van der Waals surface area contributed by atoms with Crippen LogP contribution in [0.4, 0.5) is 19.2 Å². The highest BCUT2D eigenvalue weighted by Crippen LogP contribution is 2.32. The second kappa shape index (κ2) is 34.5. The monoisotopic (exact) mass is 1380 g/mol. The number of hydrogen-bond acceptors (Lipinski definition) is 17. The van der Waals surface area contributed by atoms with E-state index in [1.807, 2.05) is 20.8 Å². The molecule has 9 N–H and O–H groups in total. The fourth-order valence-corrected chi connectivity index (χ4v) is 11.6. The summed E-state index contributed by atoms with van der Waals surface area (Å²) in [5.74, 6) is -6.13. The van der Waals surface area contributed by atoms with Crippen molar-refractivity contribution in [1.29, 1.82) is 0 Å². The molecule has 3 heterocycles. The van der Waals surface area contributed by atoms with Crippen LogP contribution < -0.4 is 42.4 Å². The highest BCUT2D eigenvalue weighted by Gasteiger charge is 2.46. The first kappa shape index (κ1) is 78.8. The summed E-state index contributed by atoms with van der Waals surface area (Å²) < 4.78 is 35.7. The number of likely N-dealkylation sites (tertiary alicyclic amines) is 2. The molecule has 6 rings (SSSR count). The normalized spacial score (nSPS) is 17.4. The van der Waals surface area contributed by atoms with Gasteiger partial charge in [0.05, 0.1) is 29.8 Å². The van der Waals surface area contributed by atoms with Crippen molar-refractivity contribution in [1.82, 2.24) is 46.3 Å². The third-order valence-corrected chi connectivity index (χ3v) is 16.1. The molecule has 0 saturated carbocycles. The third kappa shape index (κ3) is 24.6. The Morgan fingerprint density at radius 1 is 0.657 bits per heavy atom. The van der Waals surface area contributed by atoms with Gasteiger partial charge in [-0.15, -0.1) is 0 Å². The van der Waals surface area contributed by atoms with Crippen molar-refractivity contribution in [3.05, 3.63) is 114 Å². The third-order valence-electron chi connectivity index (χ3n) is 16.1. The van der Waals surface area contributed by atoms with Gasteiger partial charge in [-0.1, -0.05) is 80.2 Å². The van der Waals surface area contributed by atoms with E-state index in [2.05, 4.69) is 38.5 Å². The number of alkyl carbamates (subject to hydrolysis) is 2. The zero-order valence-electron chi connectivity index (χ0n) is 59.5. The summed E-state index contributed by atoms with van der Waals surface area (Å²) in [5.41, 5.74) is 5.98. The van der Waals surface area contributed by atoms with E-state index in [1.165, 1.54) is 10.6 Å². The predicted octanol–water partition coefficient (Wildman–Crippen LogP) is 7.39. The first-order chi connectivity index (χ1) is 46.3. The van der Waals surface area contributed by atoms with Crippen LogP contribution >= 0.6 is 0 Å². The number of aliphatic carboxylic acids is 1. The number of aromatic nitrogens is 1. The van der Waals surface area contributed by atoms with E-state index < -0.39 is 143 Å².